The molecule has 2 aromatic rings. The molecule has 0 aliphatic rings. The normalized spacial score (nSPS) is 10.2. The molecule has 98 valence electrons. The SMILES string of the molecule is CN(Cc1ccc(Cl)cc1)C(=O)c1nccnc1N. The quantitative estimate of drug-likeness (QED) is 0.930. The molecule has 0 saturated heterocycles. The van der Waals surface area contributed by atoms with Gasteiger partial charge < -0.3 is 10.6 Å². The largest absolute Gasteiger partial charge is 0.382 e. The van der Waals surface area contributed by atoms with E-state index in [0.29, 0.717) is 11.6 Å². The summed E-state index contributed by atoms with van der Waals surface area (Å²) in [5.41, 5.74) is 6.77. The zero-order valence-electron chi connectivity index (χ0n) is 10.4. The monoisotopic (exact) mass is 276 g/mol. The first-order chi connectivity index (χ1) is 9.08. The van der Waals surface area contributed by atoms with Gasteiger partial charge in [0.2, 0.25) is 0 Å². The Bertz CT molecular complexity index is 585. The molecule has 1 heterocycles. The van der Waals surface area contributed by atoms with Crippen LogP contribution in [-0.4, -0.2) is 27.8 Å². The number of carbonyl (C=O) groups is 1. The van der Waals surface area contributed by atoms with E-state index in [4.69, 9.17) is 17.3 Å². The molecular formula is C13H13ClN4O. The zero-order chi connectivity index (χ0) is 13.8. The number of aromatic nitrogens is 2. The molecule has 0 unspecified atom stereocenters. The Kier molecular flexibility index (Phi) is 3.97. The smallest absolute Gasteiger partial charge is 0.276 e. The molecule has 1 amide bonds. The summed E-state index contributed by atoms with van der Waals surface area (Å²) in [4.78, 5) is 21.5. The van der Waals surface area contributed by atoms with Crippen molar-refractivity contribution in [3.63, 3.8) is 0 Å². The lowest BCUT2D eigenvalue weighted by atomic mass is 10.2. The number of rotatable bonds is 3. The Morgan fingerprint density at radius 3 is 2.53 bits per heavy atom. The highest BCUT2D eigenvalue weighted by atomic mass is 35.5. The van der Waals surface area contributed by atoms with Gasteiger partial charge in [-0.15, -0.1) is 0 Å². The first-order valence-electron chi connectivity index (χ1n) is 5.64. The fraction of sp³-hybridized carbons (Fsp3) is 0.154. The van der Waals surface area contributed by atoms with E-state index < -0.39 is 0 Å². The number of nitrogens with zero attached hydrogens (tertiary/aromatic N) is 3. The van der Waals surface area contributed by atoms with Crippen molar-refractivity contribution in [2.24, 2.45) is 0 Å². The molecule has 2 N–H and O–H groups in total. The Morgan fingerprint density at radius 2 is 1.89 bits per heavy atom. The van der Waals surface area contributed by atoms with E-state index >= 15 is 0 Å². The summed E-state index contributed by atoms with van der Waals surface area (Å²) in [6.07, 6.45) is 2.89. The lowest BCUT2D eigenvalue weighted by Crippen LogP contribution is -2.28. The molecule has 6 heteroatoms. The molecule has 19 heavy (non-hydrogen) atoms. The fourth-order valence-corrected chi connectivity index (χ4v) is 1.76. The third kappa shape index (κ3) is 3.20. The highest BCUT2D eigenvalue weighted by molar-refractivity contribution is 6.30. The fourth-order valence-electron chi connectivity index (χ4n) is 1.63. The molecule has 1 aromatic heterocycles. The maximum absolute atomic E-state index is 12.2. The van der Waals surface area contributed by atoms with Gasteiger partial charge in [0.15, 0.2) is 11.5 Å². The van der Waals surface area contributed by atoms with Gasteiger partial charge in [-0.25, -0.2) is 9.97 Å². The highest BCUT2D eigenvalue weighted by Crippen LogP contribution is 2.13. The molecule has 0 aliphatic carbocycles. The predicted molar refractivity (Wildman–Crippen MR) is 73.7 cm³/mol. The van der Waals surface area contributed by atoms with Crippen LogP contribution in [0.1, 0.15) is 16.1 Å². The average molecular weight is 277 g/mol. The van der Waals surface area contributed by atoms with E-state index in [1.165, 1.54) is 17.3 Å². The molecule has 0 atom stereocenters. The minimum absolute atomic E-state index is 0.135. The van der Waals surface area contributed by atoms with Gasteiger partial charge in [-0.05, 0) is 17.7 Å². The van der Waals surface area contributed by atoms with Crippen LogP contribution in [0.4, 0.5) is 5.82 Å². The van der Waals surface area contributed by atoms with E-state index in [1.54, 1.807) is 19.2 Å². The van der Waals surface area contributed by atoms with Gasteiger partial charge in [-0.2, -0.15) is 0 Å². The molecule has 0 aliphatic heterocycles. The molecule has 0 bridgehead atoms. The van der Waals surface area contributed by atoms with Crippen molar-refractivity contribution >= 4 is 23.3 Å². The van der Waals surface area contributed by atoms with Crippen molar-refractivity contribution in [1.29, 1.82) is 0 Å². The van der Waals surface area contributed by atoms with Gasteiger partial charge in [0.05, 0.1) is 0 Å². The van der Waals surface area contributed by atoms with Crippen molar-refractivity contribution in [3.8, 4) is 0 Å². The van der Waals surface area contributed by atoms with Crippen LogP contribution in [0.5, 0.6) is 0 Å². The number of anilines is 1. The van der Waals surface area contributed by atoms with Crippen LogP contribution < -0.4 is 5.73 Å². The summed E-state index contributed by atoms with van der Waals surface area (Å²) in [6.45, 7) is 0.450. The second-order valence-corrected chi connectivity index (χ2v) is 4.51. The number of nitrogens with two attached hydrogens (primary N) is 1. The summed E-state index contributed by atoms with van der Waals surface area (Å²) in [6, 6.07) is 7.30. The van der Waals surface area contributed by atoms with Gasteiger partial charge in [0, 0.05) is 31.0 Å². The number of nitrogen functional groups attached to an aromatic ring is 1. The lowest BCUT2D eigenvalue weighted by Gasteiger charge is -2.17. The Morgan fingerprint density at radius 1 is 1.26 bits per heavy atom. The van der Waals surface area contributed by atoms with Crippen LogP contribution in [0.15, 0.2) is 36.7 Å². The molecular weight excluding hydrogens is 264 g/mol. The molecule has 0 saturated carbocycles. The minimum Gasteiger partial charge on any atom is -0.382 e. The van der Waals surface area contributed by atoms with Gasteiger partial charge >= 0.3 is 0 Å². The van der Waals surface area contributed by atoms with Crippen LogP contribution in [0.25, 0.3) is 0 Å². The number of halogens is 1. The zero-order valence-corrected chi connectivity index (χ0v) is 11.1. The van der Waals surface area contributed by atoms with E-state index in [-0.39, 0.29) is 17.4 Å². The number of carbonyl (C=O) groups excluding carboxylic acids is 1. The highest BCUT2D eigenvalue weighted by Gasteiger charge is 2.16. The van der Waals surface area contributed by atoms with E-state index in [0.717, 1.165) is 5.56 Å². The maximum Gasteiger partial charge on any atom is 0.276 e. The standard InChI is InChI=1S/C13H13ClN4O/c1-18(8-9-2-4-10(14)5-3-9)13(19)11-12(15)17-7-6-16-11/h2-7H,8H2,1H3,(H2,15,17). The number of benzene rings is 1. The molecule has 0 spiro atoms. The van der Waals surface area contributed by atoms with Crippen molar-refractivity contribution in [2.75, 3.05) is 12.8 Å². The Balaban J connectivity index is 2.12. The van der Waals surface area contributed by atoms with Crippen molar-refractivity contribution in [1.82, 2.24) is 14.9 Å². The summed E-state index contributed by atoms with van der Waals surface area (Å²) in [5.74, 6) is -0.129. The van der Waals surface area contributed by atoms with E-state index in [2.05, 4.69) is 9.97 Å². The average Bonchev–Trinajstić information content (AvgIpc) is 2.41. The third-order valence-electron chi connectivity index (χ3n) is 2.61. The summed E-state index contributed by atoms with van der Waals surface area (Å²) in [5, 5.41) is 0.663. The predicted octanol–water partition coefficient (Wildman–Crippen LogP) is 1.98. The Hall–Kier alpha value is -2.14. The Labute approximate surface area is 116 Å². The van der Waals surface area contributed by atoms with Gasteiger partial charge in [-0.3, -0.25) is 4.79 Å². The van der Waals surface area contributed by atoms with Crippen LogP contribution in [0, 0.1) is 0 Å². The van der Waals surface area contributed by atoms with Crippen molar-refractivity contribution in [2.45, 2.75) is 6.54 Å². The molecule has 5 nitrogen and oxygen atoms in total. The van der Waals surface area contributed by atoms with Crippen LogP contribution in [-0.2, 0) is 6.54 Å². The molecule has 2 rings (SSSR count). The number of amides is 1. The number of hydrogen-bond acceptors (Lipinski definition) is 4. The van der Waals surface area contributed by atoms with E-state index in [9.17, 15) is 4.79 Å². The number of hydrogen-bond donors (Lipinski definition) is 1. The minimum atomic E-state index is -0.263. The first kappa shape index (κ1) is 13.3. The second kappa shape index (κ2) is 5.67. The van der Waals surface area contributed by atoms with Crippen LogP contribution >= 0.6 is 11.6 Å². The third-order valence-corrected chi connectivity index (χ3v) is 2.86. The first-order valence-corrected chi connectivity index (χ1v) is 6.02. The maximum atomic E-state index is 12.2. The summed E-state index contributed by atoms with van der Waals surface area (Å²) < 4.78 is 0. The van der Waals surface area contributed by atoms with Gasteiger partial charge in [0.1, 0.15) is 0 Å². The van der Waals surface area contributed by atoms with Crippen LogP contribution in [0.3, 0.4) is 0 Å². The van der Waals surface area contributed by atoms with Crippen LogP contribution in [0.2, 0.25) is 5.02 Å². The molecule has 0 fully saturated rings. The van der Waals surface area contributed by atoms with E-state index in [1.807, 2.05) is 12.1 Å². The van der Waals surface area contributed by atoms with Gasteiger partial charge in [0.25, 0.3) is 5.91 Å². The molecule has 1 aromatic carbocycles. The lowest BCUT2D eigenvalue weighted by molar-refractivity contribution is 0.0780. The van der Waals surface area contributed by atoms with Crippen molar-refractivity contribution in [3.05, 3.63) is 52.9 Å². The summed E-state index contributed by atoms with van der Waals surface area (Å²) >= 11 is 5.81. The topological polar surface area (TPSA) is 72.1 Å². The van der Waals surface area contributed by atoms with Gasteiger partial charge in [-0.1, -0.05) is 23.7 Å². The summed E-state index contributed by atoms with van der Waals surface area (Å²) in [7, 11) is 1.69. The van der Waals surface area contributed by atoms with Crippen molar-refractivity contribution < 1.29 is 4.79 Å². The second-order valence-electron chi connectivity index (χ2n) is 4.08. The molecule has 0 radical (unpaired) electrons.